The molecule has 0 fully saturated rings. The fourth-order valence-electron chi connectivity index (χ4n) is 3.38. The van der Waals surface area contributed by atoms with Crippen molar-refractivity contribution in [2.24, 2.45) is 0 Å². The standard InChI is InChI=1S/C17H11F3N2O2/c18-17(19,20)14-7-12-9(8-21-14)5-6-13(12)22-15(23)10-3-1-2-4-11(10)16(22)24/h1-4,7-8,13H,5-6H2. The number of pyridine rings is 1. The lowest BCUT2D eigenvalue weighted by molar-refractivity contribution is -0.141. The number of amides is 2. The first-order chi connectivity index (χ1) is 11.4. The average molecular weight is 332 g/mol. The Morgan fingerprint density at radius 3 is 2.29 bits per heavy atom. The van der Waals surface area contributed by atoms with Crippen molar-refractivity contribution in [1.82, 2.24) is 9.88 Å². The van der Waals surface area contributed by atoms with Gasteiger partial charge in [0.15, 0.2) is 0 Å². The summed E-state index contributed by atoms with van der Waals surface area (Å²) >= 11 is 0. The summed E-state index contributed by atoms with van der Waals surface area (Å²) < 4.78 is 38.8. The number of benzene rings is 1. The molecule has 0 N–H and O–H groups in total. The summed E-state index contributed by atoms with van der Waals surface area (Å²) in [6.45, 7) is 0. The Morgan fingerprint density at radius 2 is 1.71 bits per heavy atom. The second-order valence-corrected chi connectivity index (χ2v) is 5.85. The molecular formula is C17H11F3N2O2. The van der Waals surface area contributed by atoms with Crippen molar-refractivity contribution in [2.45, 2.75) is 25.1 Å². The molecule has 0 radical (unpaired) electrons. The summed E-state index contributed by atoms with van der Waals surface area (Å²) in [5.74, 6) is -0.919. The van der Waals surface area contributed by atoms with E-state index in [9.17, 15) is 22.8 Å². The maximum absolute atomic E-state index is 12.9. The van der Waals surface area contributed by atoms with Gasteiger partial charge in [-0.2, -0.15) is 13.2 Å². The lowest BCUT2D eigenvalue weighted by Crippen LogP contribution is -2.33. The summed E-state index contributed by atoms with van der Waals surface area (Å²) in [7, 11) is 0. The largest absolute Gasteiger partial charge is 0.433 e. The zero-order valence-corrected chi connectivity index (χ0v) is 12.3. The van der Waals surface area contributed by atoms with Crippen molar-refractivity contribution in [3.8, 4) is 0 Å². The first-order valence-corrected chi connectivity index (χ1v) is 7.41. The molecule has 1 aromatic carbocycles. The van der Waals surface area contributed by atoms with Gasteiger partial charge in [0.05, 0.1) is 17.2 Å². The van der Waals surface area contributed by atoms with E-state index in [0.717, 1.165) is 11.0 Å². The smallest absolute Gasteiger partial charge is 0.269 e. The third kappa shape index (κ3) is 2.04. The normalized spacial score (nSPS) is 19.6. The van der Waals surface area contributed by atoms with Crippen LogP contribution < -0.4 is 0 Å². The van der Waals surface area contributed by atoms with Crippen LogP contribution in [0.5, 0.6) is 0 Å². The molecule has 2 aromatic rings. The Bertz CT molecular complexity index is 841. The highest BCUT2D eigenvalue weighted by atomic mass is 19.4. The molecule has 0 saturated heterocycles. The quantitative estimate of drug-likeness (QED) is 0.752. The Labute approximate surface area is 134 Å². The SMILES string of the molecule is O=C1c2ccccc2C(=O)N1C1CCc2cnc(C(F)(F)F)cc21. The minimum absolute atomic E-state index is 0.293. The topological polar surface area (TPSA) is 50.3 Å². The van der Waals surface area contributed by atoms with Gasteiger partial charge in [0.25, 0.3) is 11.8 Å². The number of imide groups is 1. The molecule has 1 aliphatic carbocycles. The first kappa shape index (κ1) is 14.9. The van der Waals surface area contributed by atoms with E-state index in [2.05, 4.69) is 4.98 Å². The second kappa shape index (κ2) is 4.90. The number of alkyl halides is 3. The Kier molecular flexibility index (Phi) is 3.03. The molecule has 1 aliphatic heterocycles. The van der Waals surface area contributed by atoms with E-state index in [4.69, 9.17) is 0 Å². The van der Waals surface area contributed by atoms with Crippen LogP contribution in [0, 0.1) is 0 Å². The fourth-order valence-corrected chi connectivity index (χ4v) is 3.38. The van der Waals surface area contributed by atoms with Crippen molar-refractivity contribution in [3.05, 3.63) is 64.5 Å². The van der Waals surface area contributed by atoms with Gasteiger partial charge in [-0.05, 0) is 42.2 Å². The molecule has 2 heterocycles. The number of hydrogen-bond donors (Lipinski definition) is 0. The summed E-state index contributed by atoms with van der Waals surface area (Å²) in [4.78, 5) is 29.6. The summed E-state index contributed by atoms with van der Waals surface area (Å²) in [5, 5.41) is 0. The number of halogens is 3. The van der Waals surface area contributed by atoms with E-state index >= 15 is 0 Å². The number of nitrogens with zero attached hydrogens (tertiary/aromatic N) is 2. The lowest BCUT2D eigenvalue weighted by Gasteiger charge is -2.23. The van der Waals surface area contributed by atoms with Gasteiger partial charge in [0.2, 0.25) is 0 Å². The molecule has 122 valence electrons. The Balaban J connectivity index is 1.77. The minimum Gasteiger partial charge on any atom is -0.269 e. The first-order valence-electron chi connectivity index (χ1n) is 7.41. The highest BCUT2D eigenvalue weighted by molar-refractivity contribution is 6.21. The molecule has 2 aliphatic rings. The van der Waals surface area contributed by atoms with Crippen LogP contribution in [0.1, 0.15) is 50.0 Å². The van der Waals surface area contributed by atoms with E-state index < -0.39 is 29.7 Å². The predicted molar refractivity (Wildman–Crippen MR) is 77.2 cm³/mol. The number of hydrogen-bond acceptors (Lipinski definition) is 3. The molecule has 4 nitrogen and oxygen atoms in total. The van der Waals surface area contributed by atoms with Crippen molar-refractivity contribution in [2.75, 3.05) is 0 Å². The Morgan fingerprint density at radius 1 is 1.08 bits per heavy atom. The predicted octanol–water partition coefficient (Wildman–Crippen LogP) is 3.38. The van der Waals surface area contributed by atoms with Crippen LogP contribution in [0.15, 0.2) is 36.5 Å². The van der Waals surface area contributed by atoms with E-state index in [1.54, 1.807) is 24.3 Å². The Hall–Kier alpha value is -2.70. The zero-order valence-electron chi connectivity index (χ0n) is 12.3. The number of fused-ring (bicyclic) bond motifs is 2. The van der Waals surface area contributed by atoms with Crippen LogP contribution in [0.3, 0.4) is 0 Å². The highest BCUT2D eigenvalue weighted by Crippen LogP contribution is 2.41. The van der Waals surface area contributed by atoms with Crippen LogP contribution in [0.25, 0.3) is 0 Å². The highest BCUT2D eigenvalue weighted by Gasteiger charge is 2.43. The van der Waals surface area contributed by atoms with Crippen LogP contribution in [0.2, 0.25) is 0 Å². The van der Waals surface area contributed by atoms with Crippen LogP contribution in [-0.4, -0.2) is 21.7 Å². The average Bonchev–Trinajstić information content (AvgIpc) is 3.06. The third-order valence-electron chi connectivity index (χ3n) is 4.50. The maximum atomic E-state index is 12.9. The molecule has 24 heavy (non-hydrogen) atoms. The minimum atomic E-state index is -4.57. The zero-order chi connectivity index (χ0) is 17.1. The number of carbonyl (C=O) groups is 2. The lowest BCUT2D eigenvalue weighted by atomic mass is 10.1. The van der Waals surface area contributed by atoms with Crippen LogP contribution in [0.4, 0.5) is 13.2 Å². The van der Waals surface area contributed by atoms with Gasteiger partial charge >= 0.3 is 6.18 Å². The van der Waals surface area contributed by atoms with Gasteiger partial charge in [0, 0.05) is 6.20 Å². The molecule has 7 heteroatoms. The van der Waals surface area contributed by atoms with Crippen LogP contribution >= 0.6 is 0 Å². The molecule has 1 aromatic heterocycles. The fraction of sp³-hybridized carbons (Fsp3) is 0.235. The maximum Gasteiger partial charge on any atom is 0.433 e. The van der Waals surface area contributed by atoms with E-state index in [1.807, 2.05) is 0 Å². The van der Waals surface area contributed by atoms with Crippen molar-refractivity contribution in [1.29, 1.82) is 0 Å². The molecule has 4 rings (SSSR count). The van der Waals surface area contributed by atoms with Crippen molar-refractivity contribution < 1.29 is 22.8 Å². The van der Waals surface area contributed by atoms with E-state index in [-0.39, 0.29) is 0 Å². The molecule has 1 atom stereocenters. The second-order valence-electron chi connectivity index (χ2n) is 5.85. The van der Waals surface area contributed by atoms with Crippen LogP contribution in [-0.2, 0) is 12.6 Å². The van der Waals surface area contributed by atoms with Gasteiger partial charge in [-0.3, -0.25) is 19.5 Å². The molecular weight excluding hydrogens is 321 g/mol. The molecule has 0 saturated carbocycles. The van der Waals surface area contributed by atoms with Crippen molar-refractivity contribution >= 4 is 11.8 Å². The molecule has 2 amide bonds. The number of carbonyl (C=O) groups excluding carboxylic acids is 2. The van der Waals surface area contributed by atoms with E-state index in [0.29, 0.717) is 35.1 Å². The van der Waals surface area contributed by atoms with Gasteiger partial charge in [-0.25, -0.2) is 0 Å². The molecule has 0 spiro atoms. The summed E-state index contributed by atoms with van der Waals surface area (Å²) in [6, 6.07) is 6.69. The van der Waals surface area contributed by atoms with Crippen molar-refractivity contribution in [3.63, 3.8) is 0 Å². The molecule has 1 unspecified atom stereocenters. The van der Waals surface area contributed by atoms with Gasteiger partial charge in [-0.1, -0.05) is 12.1 Å². The summed E-state index contributed by atoms with van der Waals surface area (Å²) in [6.07, 6.45) is -2.48. The number of rotatable bonds is 1. The van der Waals surface area contributed by atoms with Gasteiger partial charge in [0.1, 0.15) is 5.69 Å². The number of aromatic nitrogens is 1. The van der Waals surface area contributed by atoms with Gasteiger partial charge < -0.3 is 0 Å². The summed E-state index contributed by atoms with van der Waals surface area (Å²) in [5.41, 5.74) is 0.572. The van der Waals surface area contributed by atoms with Gasteiger partial charge in [-0.15, -0.1) is 0 Å². The molecule has 0 bridgehead atoms. The monoisotopic (exact) mass is 332 g/mol. The number of aryl methyl sites for hydroxylation is 1. The van der Waals surface area contributed by atoms with E-state index in [1.165, 1.54) is 6.20 Å². The third-order valence-corrected chi connectivity index (χ3v) is 4.50.